The van der Waals surface area contributed by atoms with Crippen molar-refractivity contribution in [2.24, 2.45) is 0 Å². The Bertz CT molecular complexity index is 669. The van der Waals surface area contributed by atoms with Crippen molar-refractivity contribution in [3.8, 4) is 0 Å². The van der Waals surface area contributed by atoms with Crippen LogP contribution in [0.15, 0.2) is 36.7 Å². The molecule has 1 saturated heterocycles. The van der Waals surface area contributed by atoms with Crippen LogP contribution in [-0.4, -0.2) is 40.4 Å². The number of carbonyl (C=O) groups excluding carboxylic acids is 1. The Balaban J connectivity index is 1.53. The molecular formula is C17H19FN4O. The molecule has 1 fully saturated rings. The average Bonchev–Trinajstić information content (AvgIpc) is 3.11. The molecule has 1 N–H and O–H groups in total. The minimum atomic E-state index is -0.207. The summed E-state index contributed by atoms with van der Waals surface area (Å²) in [6.45, 7) is 2.14. The number of aromatic nitrogens is 2. The summed E-state index contributed by atoms with van der Waals surface area (Å²) < 4.78 is 13.5. The molecule has 1 amide bonds. The lowest BCUT2D eigenvalue weighted by molar-refractivity contribution is 0.0792. The summed E-state index contributed by atoms with van der Waals surface area (Å²) in [4.78, 5) is 22.3. The second-order valence-electron chi connectivity index (χ2n) is 5.56. The van der Waals surface area contributed by atoms with Crippen molar-refractivity contribution in [2.45, 2.75) is 19.3 Å². The predicted octanol–water partition coefficient (Wildman–Crippen LogP) is 2.51. The molecule has 2 aromatic rings. The number of hydrogen-bond acceptors (Lipinski definition) is 4. The monoisotopic (exact) mass is 314 g/mol. The van der Waals surface area contributed by atoms with Gasteiger partial charge in [-0.25, -0.2) is 14.4 Å². The molecule has 0 atom stereocenters. The molecule has 23 heavy (non-hydrogen) atoms. The van der Waals surface area contributed by atoms with Gasteiger partial charge in [0.05, 0.1) is 5.56 Å². The molecule has 2 heterocycles. The Morgan fingerprint density at radius 3 is 2.57 bits per heavy atom. The van der Waals surface area contributed by atoms with E-state index in [1.54, 1.807) is 24.5 Å². The number of nitrogens with zero attached hydrogens (tertiary/aromatic N) is 3. The van der Waals surface area contributed by atoms with Gasteiger partial charge >= 0.3 is 0 Å². The highest BCUT2D eigenvalue weighted by Gasteiger charge is 2.19. The molecule has 5 nitrogen and oxygen atoms in total. The minimum Gasteiger partial charge on any atom is -0.354 e. The van der Waals surface area contributed by atoms with Gasteiger partial charge < -0.3 is 10.2 Å². The molecule has 1 aromatic carbocycles. The van der Waals surface area contributed by atoms with E-state index in [-0.39, 0.29) is 11.7 Å². The van der Waals surface area contributed by atoms with Crippen LogP contribution in [0.25, 0.3) is 0 Å². The van der Waals surface area contributed by atoms with Crippen molar-refractivity contribution >= 4 is 11.9 Å². The van der Waals surface area contributed by atoms with E-state index >= 15 is 0 Å². The van der Waals surface area contributed by atoms with Crippen molar-refractivity contribution in [1.29, 1.82) is 0 Å². The van der Waals surface area contributed by atoms with E-state index in [1.165, 1.54) is 6.07 Å². The van der Waals surface area contributed by atoms with Gasteiger partial charge in [-0.1, -0.05) is 18.2 Å². The number of hydrogen-bond donors (Lipinski definition) is 1. The van der Waals surface area contributed by atoms with Gasteiger partial charge in [0.25, 0.3) is 5.91 Å². The molecule has 0 radical (unpaired) electrons. The fourth-order valence-electron chi connectivity index (χ4n) is 2.64. The van der Waals surface area contributed by atoms with E-state index in [0.29, 0.717) is 30.0 Å². The van der Waals surface area contributed by atoms with Crippen molar-refractivity contribution < 1.29 is 9.18 Å². The lowest BCUT2D eigenvalue weighted by Crippen LogP contribution is -2.27. The topological polar surface area (TPSA) is 58.1 Å². The molecular weight excluding hydrogens is 295 g/mol. The minimum absolute atomic E-state index is 0.0135. The summed E-state index contributed by atoms with van der Waals surface area (Å²) >= 11 is 0. The van der Waals surface area contributed by atoms with Crippen LogP contribution in [0.1, 0.15) is 28.8 Å². The van der Waals surface area contributed by atoms with E-state index < -0.39 is 0 Å². The number of carbonyl (C=O) groups is 1. The van der Waals surface area contributed by atoms with E-state index in [0.717, 1.165) is 25.9 Å². The van der Waals surface area contributed by atoms with Gasteiger partial charge in [-0.2, -0.15) is 0 Å². The first kappa shape index (κ1) is 15.4. The maximum Gasteiger partial charge on any atom is 0.256 e. The summed E-state index contributed by atoms with van der Waals surface area (Å²) in [5, 5.41) is 3.04. The third kappa shape index (κ3) is 3.83. The van der Waals surface area contributed by atoms with Crippen LogP contribution in [0.2, 0.25) is 0 Å². The van der Waals surface area contributed by atoms with Crippen LogP contribution in [0, 0.1) is 5.82 Å². The van der Waals surface area contributed by atoms with E-state index in [9.17, 15) is 9.18 Å². The molecule has 1 aliphatic rings. The number of amides is 1. The molecule has 0 aliphatic carbocycles. The van der Waals surface area contributed by atoms with Crippen LogP contribution in [-0.2, 0) is 6.42 Å². The van der Waals surface area contributed by atoms with Gasteiger partial charge in [0.15, 0.2) is 0 Å². The predicted molar refractivity (Wildman–Crippen MR) is 85.8 cm³/mol. The number of rotatable bonds is 5. The van der Waals surface area contributed by atoms with Crippen LogP contribution >= 0.6 is 0 Å². The molecule has 0 saturated carbocycles. The first-order chi connectivity index (χ1) is 11.2. The van der Waals surface area contributed by atoms with Gasteiger partial charge in [-0.15, -0.1) is 0 Å². The van der Waals surface area contributed by atoms with Crippen LogP contribution in [0.4, 0.5) is 10.3 Å². The van der Waals surface area contributed by atoms with Crippen molar-refractivity contribution in [1.82, 2.24) is 14.9 Å². The third-order valence-corrected chi connectivity index (χ3v) is 3.93. The van der Waals surface area contributed by atoms with E-state index in [2.05, 4.69) is 15.3 Å². The number of anilines is 1. The zero-order valence-electron chi connectivity index (χ0n) is 12.8. The second kappa shape index (κ2) is 7.17. The maximum atomic E-state index is 13.5. The molecule has 120 valence electrons. The zero-order valence-corrected chi connectivity index (χ0v) is 12.8. The highest BCUT2D eigenvalue weighted by Crippen LogP contribution is 2.12. The number of halogens is 1. The zero-order chi connectivity index (χ0) is 16.1. The Kier molecular flexibility index (Phi) is 4.80. The number of benzene rings is 1. The molecule has 6 heteroatoms. The summed E-state index contributed by atoms with van der Waals surface area (Å²) in [7, 11) is 0. The smallest absolute Gasteiger partial charge is 0.256 e. The number of likely N-dealkylation sites (tertiary alicyclic amines) is 1. The van der Waals surface area contributed by atoms with Gasteiger partial charge in [0.2, 0.25) is 5.95 Å². The quantitative estimate of drug-likeness (QED) is 0.921. The fourth-order valence-corrected chi connectivity index (χ4v) is 2.64. The van der Waals surface area contributed by atoms with Crippen molar-refractivity contribution in [2.75, 3.05) is 25.0 Å². The van der Waals surface area contributed by atoms with Gasteiger partial charge in [-0.3, -0.25) is 4.79 Å². The normalized spacial score (nSPS) is 14.0. The fraction of sp³-hybridized carbons (Fsp3) is 0.353. The van der Waals surface area contributed by atoms with Crippen LogP contribution in [0.3, 0.4) is 0 Å². The molecule has 0 bridgehead atoms. The van der Waals surface area contributed by atoms with Crippen molar-refractivity contribution in [3.05, 3.63) is 53.6 Å². The molecule has 1 aliphatic heterocycles. The van der Waals surface area contributed by atoms with Gasteiger partial charge in [0, 0.05) is 32.0 Å². The van der Waals surface area contributed by atoms with Crippen LogP contribution in [0.5, 0.6) is 0 Å². The first-order valence-electron chi connectivity index (χ1n) is 7.82. The van der Waals surface area contributed by atoms with Crippen LogP contribution < -0.4 is 5.32 Å². The average molecular weight is 314 g/mol. The molecule has 3 rings (SSSR count). The Morgan fingerprint density at radius 2 is 1.87 bits per heavy atom. The Labute approximate surface area is 134 Å². The molecule has 1 aromatic heterocycles. The molecule has 0 spiro atoms. The van der Waals surface area contributed by atoms with Crippen molar-refractivity contribution in [3.63, 3.8) is 0 Å². The Hall–Kier alpha value is -2.50. The number of nitrogens with one attached hydrogen (secondary N) is 1. The maximum absolute atomic E-state index is 13.5. The lowest BCUT2D eigenvalue weighted by Gasteiger charge is -2.14. The highest BCUT2D eigenvalue weighted by atomic mass is 19.1. The molecule has 0 unspecified atom stereocenters. The van der Waals surface area contributed by atoms with Gasteiger partial charge in [-0.05, 0) is 30.9 Å². The van der Waals surface area contributed by atoms with Gasteiger partial charge in [0.1, 0.15) is 5.82 Å². The van der Waals surface area contributed by atoms with E-state index in [1.807, 2.05) is 11.0 Å². The lowest BCUT2D eigenvalue weighted by atomic mass is 10.1. The largest absolute Gasteiger partial charge is 0.354 e. The third-order valence-electron chi connectivity index (χ3n) is 3.93. The summed E-state index contributed by atoms with van der Waals surface area (Å²) in [6.07, 6.45) is 5.74. The first-order valence-corrected chi connectivity index (χ1v) is 7.82. The second-order valence-corrected chi connectivity index (χ2v) is 5.56. The SMILES string of the molecule is O=C(c1cnc(NCCc2ccccc2F)nc1)N1CCCC1. The van der Waals surface area contributed by atoms with E-state index in [4.69, 9.17) is 0 Å². The standard InChI is InChI=1S/C17H19FN4O/c18-15-6-2-1-5-13(15)7-8-19-17-20-11-14(12-21-17)16(23)22-9-3-4-10-22/h1-2,5-6,11-12H,3-4,7-10H2,(H,19,20,21). The Morgan fingerprint density at radius 1 is 1.17 bits per heavy atom. The summed E-state index contributed by atoms with van der Waals surface area (Å²) in [5.41, 5.74) is 1.16. The summed E-state index contributed by atoms with van der Waals surface area (Å²) in [5.74, 6) is 0.224. The highest BCUT2D eigenvalue weighted by molar-refractivity contribution is 5.93. The summed E-state index contributed by atoms with van der Waals surface area (Å²) in [6, 6.07) is 6.69.